The monoisotopic (exact) mass is 347 g/mol. The maximum absolute atomic E-state index is 12.2. The van der Waals surface area contributed by atoms with Crippen LogP contribution in [0.25, 0.3) is 22.2 Å². The van der Waals surface area contributed by atoms with E-state index >= 15 is 0 Å². The van der Waals surface area contributed by atoms with Gasteiger partial charge in [-0.1, -0.05) is 30.3 Å². The van der Waals surface area contributed by atoms with Gasteiger partial charge in [-0.3, -0.25) is 9.63 Å². The zero-order valence-electron chi connectivity index (χ0n) is 14.5. The van der Waals surface area contributed by atoms with Gasteiger partial charge in [0, 0.05) is 23.0 Å². The molecule has 1 saturated heterocycles. The topological polar surface area (TPSA) is 66.2 Å². The number of rotatable bonds is 2. The summed E-state index contributed by atoms with van der Waals surface area (Å²) in [6.45, 7) is 2.54. The van der Waals surface area contributed by atoms with Crippen LogP contribution in [0.5, 0.6) is 0 Å². The van der Waals surface area contributed by atoms with Crippen molar-refractivity contribution in [2.45, 2.75) is 25.4 Å². The van der Waals surface area contributed by atoms with Crippen molar-refractivity contribution in [2.75, 3.05) is 13.1 Å². The van der Waals surface area contributed by atoms with Gasteiger partial charge in [-0.05, 0) is 48.6 Å². The summed E-state index contributed by atoms with van der Waals surface area (Å²) in [6, 6.07) is 14.5. The van der Waals surface area contributed by atoms with Gasteiger partial charge >= 0.3 is 0 Å². The first kappa shape index (κ1) is 15.6. The molecule has 26 heavy (non-hydrogen) atoms. The van der Waals surface area contributed by atoms with E-state index in [0.717, 1.165) is 40.8 Å². The number of H-pyrrole nitrogens is 1. The first-order valence-corrected chi connectivity index (χ1v) is 9.18. The van der Waals surface area contributed by atoms with Gasteiger partial charge in [-0.2, -0.15) is 0 Å². The fourth-order valence-electron chi connectivity index (χ4n) is 4.18. The van der Waals surface area contributed by atoms with Crippen molar-refractivity contribution in [3.05, 3.63) is 59.2 Å². The minimum Gasteiger partial charge on any atom is -0.354 e. The molecule has 3 N–H and O–H groups in total. The second-order valence-electron chi connectivity index (χ2n) is 7.09. The fraction of sp³-hybridized carbons (Fsp3) is 0.286. The summed E-state index contributed by atoms with van der Waals surface area (Å²) in [5.41, 5.74) is 8.69. The van der Waals surface area contributed by atoms with Gasteiger partial charge in [-0.25, -0.2) is 5.48 Å². The van der Waals surface area contributed by atoms with Crippen molar-refractivity contribution in [3.8, 4) is 11.3 Å². The molecule has 1 fully saturated rings. The third kappa shape index (κ3) is 2.52. The molecule has 0 unspecified atom stereocenters. The molecule has 2 aliphatic heterocycles. The number of carbonyl (C=O) groups is 1. The number of aromatic nitrogens is 1. The van der Waals surface area contributed by atoms with Crippen molar-refractivity contribution in [1.29, 1.82) is 0 Å². The Morgan fingerprint density at radius 2 is 1.96 bits per heavy atom. The van der Waals surface area contributed by atoms with Gasteiger partial charge in [0.2, 0.25) is 0 Å². The molecule has 5 rings (SSSR count). The third-order valence-corrected chi connectivity index (χ3v) is 5.52. The van der Waals surface area contributed by atoms with Crippen molar-refractivity contribution in [1.82, 2.24) is 15.8 Å². The largest absolute Gasteiger partial charge is 0.354 e. The number of aromatic amines is 1. The standard InChI is InChI=1S/C21H21N3O2/c25-21-16-4-1-5-18-19(16)17(12-26-24-21)20(23-18)14-8-6-13(7-9-14)15-3-2-10-22-11-15/h1,4-9,15,22-23H,2-3,10-12H2,(H,24,25)/t15-/m1/s1. The van der Waals surface area contributed by atoms with Gasteiger partial charge in [0.15, 0.2) is 0 Å². The summed E-state index contributed by atoms with van der Waals surface area (Å²) < 4.78 is 0. The molecular weight excluding hydrogens is 326 g/mol. The minimum atomic E-state index is -0.194. The Kier molecular flexibility index (Phi) is 3.76. The highest BCUT2D eigenvalue weighted by atomic mass is 16.6. The Labute approximate surface area is 151 Å². The molecule has 0 radical (unpaired) electrons. The molecule has 132 valence electrons. The molecule has 0 saturated carbocycles. The molecule has 2 aromatic carbocycles. The van der Waals surface area contributed by atoms with Gasteiger partial charge in [0.1, 0.15) is 6.61 Å². The van der Waals surface area contributed by atoms with E-state index in [9.17, 15) is 4.79 Å². The number of hydroxylamine groups is 1. The Morgan fingerprint density at radius 1 is 1.08 bits per heavy atom. The molecule has 3 heterocycles. The smallest absolute Gasteiger partial charge is 0.275 e. The molecule has 1 atom stereocenters. The van der Waals surface area contributed by atoms with Crippen LogP contribution in [0.1, 0.15) is 40.2 Å². The lowest BCUT2D eigenvalue weighted by Gasteiger charge is -2.23. The van der Waals surface area contributed by atoms with E-state index in [-0.39, 0.29) is 5.91 Å². The highest BCUT2D eigenvalue weighted by Crippen LogP contribution is 2.35. The normalized spacial score (nSPS) is 20.0. The Morgan fingerprint density at radius 3 is 2.77 bits per heavy atom. The van der Waals surface area contributed by atoms with Crippen molar-refractivity contribution in [3.63, 3.8) is 0 Å². The molecule has 2 aliphatic rings. The zero-order valence-corrected chi connectivity index (χ0v) is 14.5. The van der Waals surface area contributed by atoms with E-state index in [0.29, 0.717) is 18.1 Å². The number of nitrogens with one attached hydrogen (secondary N) is 3. The van der Waals surface area contributed by atoms with E-state index < -0.39 is 0 Å². The fourth-order valence-corrected chi connectivity index (χ4v) is 4.18. The van der Waals surface area contributed by atoms with E-state index in [1.165, 1.54) is 18.4 Å². The van der Waals surface area contributed by atoms with Crippen LogP contribution in [0.15, 0.2) is 42.5 Å². The first-order chi connectivity index (χ1) is 12.8. The van der Waals surface area contributed by atoms with Crippen LogP contribution in [-0.4, -0.2) is 24.0 Å². The van der Waals surface area contributed by atoms with Crippen LogP contribution in [0.4, 0.5) is 0 Å². The maximum Gasteiger partial charge on any atom is 0.275 e. The quantitative estimate of drug-likeness (QED) is 0.665. The number of benzene rings is 2. The highest BCUT2D eigenvalue weighted by molar-refractivity contribution is 6.09. The summed E-state index contributed by atoms with van der Waals surface area (Å²) in [4.78, 5) is 21.1. The second-order valence-corrected chi connectivity index (χ2v) is 7.09. The summed E-state index contributed by atoms with van der Waals surface area (Å²) in [7, 11) is 0. The SMILES string of the molecule is O=C1NOCc2c(-c3ccc([C@@H]4CCCNC4)cc3)[nH]c3cccc1c23. The molecule has 3 aromatic rings. The number of carbonyl (C=O) groups excluding carboxylic acids is 1. The van der Waals surface area contributed by atoms with E-state index in [1.54, 1.807) is 0 Å². The first-order valence-electron chi connectivity index (χ1n) is 9.18. The maximum atomic E-state index is 12.2. The van der Waals surface area contributed by atoms with Gasteiger partial charge in [0.25, 0.3) is 5.91 Å². The average molecular weight is 347 g/mol. The predicted octanol–water partition coefficient (Wildman–Crippen LogP) is 3.48. The summed E-state index contributed by atoms with van der Waals surface area (Å²) >= 11 is 0. The number of amides is 1. The molecule has 5 heteroatoms. The lowest BCUT2D eigenvalue weighted by atomic mass is 9.90. The second kappa shape index (κ2) is 6.27. The molecule has 0 aliphatic carbocycles. The highest BCUT2D eigenvalue weighted by Gasteiger charge is 2.23. The Bertz CT molecular complexity index is 969. The minimum absolute atomic E-state index is 0.194. The van der Waals surface area contributed by atoms with Gasteiger partial charge < -0.3 is 10.3 Å². The zero-order chi connectivity index (χ0) is 17.5. The molecule has 0 spiro atoms. The van der Waals surface area contributed by atoms with Crippen LogP contribution >= 0.6 is 0 Å². The summed E-state index contributed by atoms with van der Waals surface area (Å²) in [6.07, 6.45) is 2.48. The molecular formula is C21H21N3O2. The number of piperidine rings is 1. The van der Waals surface area contributed by atoms with Crippen LogP contribution in [0.2, 0.25) is 0 Å². The predicted molar refractivity (Wildman–Crippen MR) is 101 cm³/mol. The molecule has 5 nitrogen and oxygen atoms in total. The van der Waals surface area contributed by atoms with Crippen LogP contribution in [0.3, 0.4) is 0 Å². The average Bonchev–Trinajstić information content (AvgIpc) is 2.98. The van der Waals surface area contributed by atoms with Crippen molar-refractivity contribution >= 4 is 16.8 Å². The van der Waals surface area contributed by atoms with E-state index in [1.807, 2.05) is 18.2 Å². The van der Waals surface area contributed by atoms with Crippen molar-refractivity contribution < 1.29 is 9.63 Å². The lowest BCUT2D eigenvalue weighted by Crippen LogP contribution is -2.28. The van der Waals surface area contributed by atoms with Gasteiger partial charge in [0.05, 0.1) is 11.3 Å². The van der Waals surface area contributed by atoms with Crippen molar-refractivity contribution in [2.24, 2.45) is 0 Å². The Hall–Kier alpha value is -2.63. The van der Waals surface area contributed by atoms with Crippen LogP contribution < -0.4 is 10.8 Å². The van der Waals surface area contributed by atoms with E-state index in [2.05, 4.69) is 40.0 Å². The third-order valence-electron chi connectivity index (χ3n) is 5.52. The number of hydrogen-bond donors (Lipinski definition) is 3. The molecule has 0 bridgehead atoms. The Balaban J connectivity index is 1.57. The summed E-state index contributed by atoms with van der Waals surface area (Å²) in [5, 5.41) is 4.44. The van der Waals surface area contributed by atoms with Gasteiger partial charge in [-0.15, -0.1) is 0 Å². The number of hydrogen-bond acceptors (Lipinski definition) is 3. The molecule has 1 amide bonds. The van der Waals surface area contributed by atoms with E-state index in [4.69, 9.17) is 4.84 Å². The van der Waals surface area contributed by atoms with Crippen LogP contribution in [0, 0.1) is 0 Å². The van der Waals surface area contributed by atoms with Crippen LogP contribution in [-0.2, 0) is 11.4 Å². The summed E-state index contributed by atoms with van der Waals surface area (Å²) in [5.74, 6) is 0.402. The lowest BCUT2D eigenvalue weighted by molar-refractivity contribution is 0.0256. The molecule has 1 aromatic heterocycles.